The number of carbonyl (C=O) groups excluding carboxylic acids is 1. The van der Waals surface area contributed by atoms with Gasteiger partial charge in [-0.3, -0.25) is 0 Å². The summed E-state index contributed by atoms with van der Waals surface area (Å²) in [7, 11) is 0. The van der Waals surface area contributed by atoms with Crippen LogP contribution >= 0.6 is 0 Å². The third-order valence-electron chi connectivity index (χ3n) is 5.45. The summed E-state index contributed by atoms with van der Waals surface area (Å²) in [6.07, 6.45) is 6.62. The van der Waals surface area contributed by atoms with E-state index in [4.69, 9.17) is 4.74 Å². The molecule has 0 saturated heterocycles. The lowest BCUT2D eigenvalue weighted by Gasteiger charge is -2.20. The van der Waals surface area contributed by atoms with Crippen molar-refractivity contribution in [2.75, 3.05) is 0 Å². The van der Waals surface area contributed by atoms with Gasteiger partial charge in [0, 0.05) is 5.92 Å². The normalized spacial score (nSPS) is 24.8. The van der Waals surface area contributed by atoms with Crippen LogP contribution in [0.2, 0.25) is 0 Å². The van der Waals surface area contributed by atoms with Crippen LogP contribution in [0.4, 0.5) is 0 Å². The zero-order valence-electron chi connectivity index (χ0n) is 13.3. The second-order valence-electron chi connectivity index (χ2n) is 6.92. The van der Waals surface area contributed by atoms with Gasteiger partial charge in [0.15, 0.2) is 0 Å². The molecule has 1 saturated carbocycles. The molecule has 0 heterocycles. The Bertz CT molecular complexity index is 932. The summed E-state index contributed by atoms with van der Waals surface area (Å²) in [5.41, 5.74) is 0.704. The number of hydrogen-bond acceptors (Lipinski definition) is 2. The van der Waals surface area contributed by atoms with Crippen LogP contribution in [0.3, 0.4) is 0 Å². The first-order valence-electron chi connectivity index (χ1n) is 8.59. The highest BCUT2D eigenvalue weighted by Gasteiger charge is 2.38. The number of esters is 1. The van der Waals surface area contributed by atoms with Gasteiger partial charge < -0.3 is 4.74 Å². The average Bonchev–Trinajstić information content (AvgIpc) is 3.22. The molecule has 0 aromatic heterocycles. The zero-order chi connectivity index (χ0) is 16.1. The van der Waals surface area contributed by atoms with Gasteiger partial charge in [-0.1, -0.05) is 60.7 Å². The predicted molar refractivity (Wildman–Crippen MR) is 96.0 cm³/mol. The smallest absolute Gasteiger partial charge is 0.339 e. The molecule has 2 aliphatic rings. The van der Waals surface area contributed by atoms with Crippen LogP contribution in [0, 0.1) is 11.8 Å². The van der Waals surface area contributed by atoms with Crippen molar-refractivity contribution in [1.82, 2.24) is 0 Å². The Morgan fingerprint density at radius 2 is 1.54 bits per heavy atom. The lowest BCUT2D eigenvalue weighted by molar-refractivity contribution is 0.0247. The van der Waals surface area contributed by atoms with Crippen LogP contribution in [0.25, 0.3) is 21.5 Å². The number of benzene rings is 3. The van der Waals surface area contributed by atoms with E-state index in [1.165, 1.54) is 0 Å². The molecule has 0 amide bonds. The van der Waals surface area contributed by atoms with Gasteiger partial charge in [0.1, 0.15) is 6.10 Å². The zero-order valence-corrected chi connectivity index (χ0v) is 13.3. The summed E-state index contributed by atoms with van der Waals surface area (Å²) >= 11 is 0. The molecule has 2 aliphatic carbocycles. The summed E-state index contributed by atoms with van der Waals surface area (Å²) in [4.78, 5) is 13.1. The second-order valence-corrected chi connectivity index (χ2v) is 6.92. The van der Waals surface area contributed by atoms with E-state index >= 15 is 0 Å². The van der Waals surface area contributed by atoms with Gasteiger partial charge in [-0.25, -0.2) is 4.79 Å². The average molecular weight is 314 g/mol. The SMILES string of the molecule is O=C(OC1CC2C=CC1C2)c1c2ccccc2cc2ccccc12. The van der Waals surface area contributed by atoms with Gasteiger partial charge in [-0.15, -0.1) is 0 Å². The van der Waals surface area contributed by atoms with Crippen molar-refractivity contribution in [1.29, 1.82) is 0 Å². The molecule has 3 aromatic carbocycles. The Morgan fingerprint density at radius 3 is 2.12 bits per heavy atom. The van der Waals surface area contributed by atoms with Gasteiger partial charge in [-0.05, 0) is 46.4 Å². The molecule has 3 aromatic rings. The first kappa shape index (κ1) is 13.8. The predicted octanol–water partition coefficient (Wildman–Crippen LogP) is 5.11. The highest BCUT2D eigenvalue weighted by molar-refractivity contribution is 6.16. The van der Waals surface area contributed by atoms with Crippen LogP contribution in [-0.4, -0.2) is 12.1 Å². The fourth-order valence-corrected chi connectivity index (χ4v) is 4.30. The molecule has 2 heteroatoms. The maximum Gasteiger partial charge on any atom is 0.339 e. The molecule has 0 radical (unpaired) electrons. The van der Waals surface area contributed by atoms with Crippen molar-refractivity contribution in [2.45, 2.75) is 18.9 Å². The van der Waals surface area contributed by atoms with E-state index in [9.17, 15) is 4.79 Å². The topological polar surface area (TPSA) is 26.3 Å². The summed E-state index contributed by atoms with van der Waals surface area (Å²) in [5.74, 6) is 0.811. The molecule has 3 atom stereocenters. The molecule has 3 unspecified atom stereocenters. The Labute approximate surface area is 140 Å². The molecular formula is C22H18O2. The largest absolute Gasteiger partial charge is 0.458 e. The Balaban J connectivity index is 1.63. The molecule has 2 nitrogen and oxygen atoms in total. The molecule has 24 heavy (non-hydrogen) atoms. The van der Waals surface area contributed by atoms with Crippen molar-refractivity contribution >= 4 is 27.5 Å². The van der Waals surface area contributed by atoms with Crippen molar-refractivity contribution in [3.05, 3.63) is 72.3 Å². The van der Waals surface area contributed by atoms with E-state index in [-0.39, 0.29) is 12.1 Å². The Morgan fingerprint density at radius 1 is 0.875 bits per heavy atom. The minimum absolute atomic E-state index is 0.0326. The third-order valence-corrected chi connectivity index (χ3v) is 5.45. The third kappa shape index (κ3) is 2.06. The van der Waals surface area contributed by atoms with Gasteiger partial charge in [-0.2, -0.15) is 0 Å². The first-order chi connectivity index (χ1) is 11.8. The highest BCUT2D eigenvalue weighted by Crippen LogP contribution is 2.41. The van der Waals surface area contributed by atoms with Gasteiger partial charge in [0.05, 0.1) is 5.56 Å². The van der Waals surface area contributed by atoms with Crippen molar-refractivity contribution in [3.63, 3.8) is 0 Å². The molecule has 0 aliphatic heterocycles. The number of allylic oxidation sites excluding steroid dienone is 1. The van der Waals surface area contributed by atoms with Crippen molar-refractivity contribution in [3.8, 4) is 0 Å². The maximum atomic E-state index is 13.1. The minimum Gasteiger partial charge on any atom is -0.458 e. The highest BCUT2D eigenvalue weighted by atomic mass is 16.5. The summed E-state index contributed by atoms with van der Waals surface area (Å²) in [6.45, 7) is 0. The number of fused-ring (bicyclic) bond motifs is 4. The van der Waals surface area contributed by atoms with E-state index in [0.717, 1.165) is 34.4 Å². The van der Waals surface area contributed by atoms with Crippen LogP contribution in [0.1, 0.15) is 23.2 Å². The van der Waals surface area contributed by atoms with Crippen molar-refractivity contribution < 1.29 is 9.53 Å². The lowest BCUT2D eigenvalue weighted by atomic mass is 9.96. The fourth-order valence-electron chi connectivity index (χ4n) is 4.30. The summed E-state index contributed by atoms with van der Waals surface area (Å²) < 4.78 is 5.96. The molecule has 0 spiro atoms. The van der Waals surface area contributed by atoms with Crippen LogP contribution < -0.4 is 0 Å². The van der Waals surface area contributed by atoms with E-state index in [1.807, 2.05) is 36.4 Å². The Kier molecular flexibility index (Phi) is 2.99. The van der Waals surface area contributed by atoms with Crippen LogP contribution in [0.15, 0.2) is 66.7 Å². The quantitative estimate of drug-likeness (QED) is 0.373. The molecule has 1 fully saturated rings. The number of hydrogen-bond donors (Lipinski definition) is 0. The first-order valence-corrected chi connectivity index (χ1v) is 8.59. The van der Waals surface area contributed by atoms with E-state index in [1.54, 1.807) is 0 Å². The maximum absolute atomic E-state index is 13.1. The minimum atomic E-state index is -0.186. The van der Waals surface area contributed by atoms with E-state index in [2.05, 4.69) is 30.4 Å². The summed E-state index contributed by atoms with van der Waals surface area (Å²) in [6, 6.07) is 18.2. The van der Waals surface area contributed by atoms with Crippen molar-refractivity contribution in [2.24, 2.45) is 11.8 Å². The number of ether oxygens (including phenoxy) is 1. The number of rotatable bonds is 2. The van der Waals surface area contributed by atoms with Gasteiger partial charge in [0.25, 0.3) is 0 Å². The van der Waals surface area contributed by atoms with Gasteiger partial charge >= 0.3 is 5.97 Å². The summed E-state index contributed by atoms with van der Waals surface area (Å²) in [5, 5.41) is 4.10. The molecular weight excluding hydrogens is 296 g/mol. The standard InChI is InChI=1S/C22H18O2/c23-22(24-20-12-14-9-10-17(20)11-14)21-18-7-3-1-5-15(18)13-16-6-2-4-8-19(16)21/h1-10,13-14,17,20H,11-12H2. The monoisotopic (exact) mass is 314 g/mol. The lowest BCUT2D eigenvalue weighted by Crippen LogP contribution is -2.22. The molecule has 5 rings (SSSR count). The fraction of sp³-hybridized carbons (Fsp3) is 0.227. The Hall–Kier alpha value is -2.61. The van der Waals surface area contributed by atoms with Crippen LogP contribution in [-0.2, 0) is 4.74 Å². The van der Waals surface area contributed by atoms with E-state index in [0.29, 0.717) is 17.4 Å². The second kappa shape index (κ2) is 5.20. The van der Waals surface area contributed by atoms with E-state index < -0.39 is 0 Å². The number of carbonyl (C=O) groups is 1. The molecule has 118 valence electrons. The van der Waals surface area contributed by atoms with Gasteiger partial charge in [0.2, 0.25) is 0 Å². The van der Waals surface area contributed by atoms with Crippen LogP contribution in [0.5, 0.6) is 0 Å². The molecule has 2 bridgehead atoms. The molecule has 0 N–H and O–H groups in total.